The van der Waals surface area contributed by atoms with Crippen molar-refractivity contribution in [2.45, 2.75) is 25.7 Å². The molecule has 0 aliphatic carbocycles. The Balaban J connectivity index is 1.67. The van der Waals surface area contributed by atoms with Crippen molar-refractivity contribution in [1.82, 2.24) is 9.88 Å². The van der Waals surface area contributed by atoms with Gasteiger partial charge in [0.25, 0.3) is 0 Å². The monoisotopic (exact) mass is 315 g/mol. The van der Waals surface area contributed by atoms with Crippen LogP contribution in [0.1, 0.15) is 28.6 Å². The maximum absolute atomic E-state index is 12.4. The van der Waals surface area contributed by atoms with Gasteiger partial charge in [-0.3, -0.25) is 9.78 Å². The number of aromatic nitrogens is 1. The van der Waals surface area contributed by atoms with Crippen LogP contribution < -0.4 is 5.32 Å². The van der Waals surface area contributed by atoms with Crippen molar-refractivity contribution in [3.8, 4) is 0 Å². The van der Waals surface area contributed by atoms with Crippen LogP contribution in [0.3, 0.4) is 0 Å². The Hall–Kier alpha value is -1.88. The number of carbonyl (C=O) groups is 1. The van der Waals surface area contributed by atoms with Crippen molar-refractivity contribution < 1.29 is 4.79 Å². The third-order valence-corrected chi connectivity index (χ3v) is 5.00. The number of anilines is 1. The van der Waals surface area contributed by atoms with Crippen LogP contribution in [0, 0.1) is 6.92 Å². The highest BCUT2D eigenvalue weighted by Gasteiger charge is 2.28. The fourth-order valence-corrected chi connectivity index (χ4v) is 3.65. The number of likely N-dealkylation sites (tertiary alicyclic amines) is 1. The van der Waals surface area contributed by atoms with E-state index in [1.54, 1.807) is 11.3 Å². The second-order valence-corrected chi connectivity index (χ2v) is 6.79. The molecule has 2 aromatic rings. The van der Waals surface area contributed by atoms with Crippen LogP contribution in [0.15, 0.2) is 29.6 Å². The lowest BCUT2D eigenvalue weighted by molar-refractivity contribution is -0.129. The quantitative estimate of drug-likeness (QED) is 0.943. The Labute approximate surface area is 135 Å². The lowest BCUT2D eigenvalue weighted by Gasteiger charge is -2.16. The lowest BCUT2D eigenvalue weighted by Crippen LogP contribution is -2.29. The van der Waals surface area contributed by atoms with E-state index in [4.69, 9.17) is 0 Å². The summed E-state index contributed by atoms with van der Waals surface area (Å²) in [4.78, 5) is 20.2. The van der Waals surface area contributed by atoms with E-state index in [9.17, 15) is 4.79 Å². The summed E-state index contributed by atoms with van der Waals surface area (Å²) >= 11 is 1.65. The van der Waals surface area contributed by atoms with Gasteiger partial charge in [-0.1, -0.05) is 6.07 Å². The van der Waals surface area contributed by atoms with E-state index in [1.165, 1.54) is 0 Å². The average molecular weight is 315 g/mol. The molecular formula is C17H21N3OS. The molecule has 116 valence electrons. The number of pyridine rings is 1. The van der Waals surface area contributed by atoms with Crippen molar-refractivity contribution >= 4 is 22.9 Å². The standard InChI is InChI=1S/C17H21N3OS/c1-12-8-14(18-2)9-16(19-12)13-5-6-20(11-13)17(21)10-15-4-3-7-22-15/h3-4,7-9,13H,5-6,10-11H2,1-2H3,(H,18,19)/t13-/m1/s1. The molecule has 0 radical (unpaired) electrons. The fraction of sp³-hybridized carbons (Fsp3) is 0.412. The first-order valence-corrected chi connectivity index (χ1v) is 8.50. The summed E-state index contributed by atoms with van der Waals surface area (Å²) in [6.45, 7) is 3.63. The van der Waals surface area contributed by atoms with Gasteiger partial charge in [-0.2, -0.15) is 0 Å². The minimum Gasteiger partial charge on any atom is -0.388 e. The van der Waals surface area contributed by atoms with Gasteiger partial charge in [0, 0.05) is 48.0 Å². The molecule has 3 heterocycles. The van der Waals surface area contributed by atoms with Gasteiger partial charge in [-0.25, -0.2) is 0 Å². The second kappa shape index (κ2) is 6.48. The molecule has 1 fully saturated rings. The Kier molecular flexibility index (Phi) is 4.43. The molecule has 2 aromatic heterocycles. The van der Waals surface area contributed by atoms with E-state index in [1.807, 2.05) is 42.5 Å². The molecule has 1 aliphatic rings. The van der Waals surface area contributed by atoms with E-state index in [2.05, 4.69) is 16.4 Å². The van der Waals surface area contributed by atoms with Crippen molar-refractivity contribution in [1.29, 1.82) is 0 Å². The molecule has 0 spiro atoms. The van der Waals surface area contributed by atoms with Gasteiger partial charge < -0.3 is 10.2 Å². The lowest BCUT2D eigenvalue weighted by atomic mass is 10.0. The van der Waals surface area contributed by atoms with E-state index in [-0.39, 0.29) is 5.91 Å². The van der Waals surface area contributed by atoms with Gasteiger partial charge in [0.15, 0.2) is 0 Å². The number of hydrogen-bond donors (Lipinski definition) is 1. The van der Waals surface area contributed by atoms with Gasteiger partial charge in [0.2, 0.25) is 5.91 Å². The third-order valence-electron chi connectivity index (χ3n) is 4.13. The highest BCUT2D eigenvalue weighted by atomic mass is 32.1. The molecule has 1 saturated heterocycles. The number of amides is 1. The van der Waals surface area contributed by atoms with E-state index in [0.717, 1.165) is 41.5 Å². The number of nitrogens with one attached hydrogen (secondary N) is 1. The smallest absolute Gasteiger partial charge is 0.227 e. The summed E-state index contributed by atoms with van der Waals surface area (Å²) in [7, 11) is 1.92. The van der Waals surface area contributed by atoms with Crippen LogP contribution in [-0.2, 0) is 11.2 Å². The third kappa shape index (κ3) is 3.30. The Morgan fingerprint density at radius 1 is 1.50 bits per heavy atom. The zero-order valence-corrected chi connectivity index (χ0v) is 13.8. The molecule has 0 saturated carbocycles. The van der Waals surface area contributed by atoms with E-state index >= 15 is 0 Å². The molecule has 4 nitrogen and oxygen atoms in total. The minimum atomic E-state index is 0.228. The first-order valence-electron chi connectivity index (χ1n) is 7.62. The topological polar surface area (TPSA) is 45.2 Å². The number of hydrogen-bond acceptors (Lipinski definition) is 4. The average Bonchev–Trinajstić information content (AvgIpc) is 3.17. The Bertz CT molecular complexity index is 654. The largest absolute Gasteiger partial charge is 0.388 e. The second-order valence-electron chi connectivity index (χ2n) is 5.75. The molecule has 0 aromatic carbocycles. The van der Waals surface area contributed by atoms with Gasteiger partial charge in [-0.15, -0.1) is 11.3 Å². The SMILES string of the molecule is CNc1cc(C)nc([C@@H]2CCN(C(=O)Cc3cccs3)C2)c1. The first-order chi connectivity index (χ1) is 10.7. The minimum absolute atomic E-state index is 0.228. The predicted molar refractivity (Wildman–Crippen MR) is 90.5 cm³/mol. The van der Waals surface area contributed by atoms with Gasteiger partial charge in [0.05, 0.1) is 6.42 Å². The van der Waals surface area contributed by atoms with Crippen molar-refractivity contribution in [3.05, 3.63) is 45.9 Å². The van der Waals surface area contributed by atoms with Crippen molar-refractivity contribution in [2.24, 2.45) is 0 Å². The molecule has 5 heteroatoms. The zero-order valence-electron chi connectivity index (χ0n) is 13.0. The summed E-state index contributed by atoms with van der Waals surface area (Å²) in [5, 5.41) is 5.20. The number of aryl methyl sites for hydroxylation is 1. The summed E-state index contributed by atoms with van der Waals surface area (Å²) < 4.78 is 0. The van der Waals surface area contributed by atoms with Crippen LogP contribution in [0.4, 0.5) is 5.69 Å². The van der Waals surface area contributed by atoms with E-state index < -0.39 is 0 Å². The molecule has 1 atom stereocenters. The fourth-order valence-electron chi connectivity index (χ4n) is 2.95. The van der Waals surface area contributed by atoms with Crippen LogP contribution in [0.2, 0.25) is 0 Å². The Morgan fingerprint density at radius 3 is 3.09 bits per heavy atom. The van der Waals surface area contributed by atoms with Gasteiger partial charge in [-0.05, 0) is 36.9 Å². The van der Waals surface area contributed by atoms with Crippen LogP contribution in [0.25, 0.3) is 0 Å². The molecule has 1 aliphatic heterocycles. The number of carbonyl (C=O) groups excluding carboxylic acids is 1. The Morgan fingerprint density at radius 2 is 2.36 bits per heavy atom. The summed E-state index contributed by atoms with van der Waals surface area (Å²) in [5.74, 6) is 0.575. The molecular weight excluding hydrogens is 294 g/mol. The highest BCUT2D eigenvalue weighted by molar-refractivity contribution is 7.10. The number of thiophene rings is 1. The number of rotatable bonds is 4. The van der Waals surface area contributed by atoms with Gasteiger partial charge >= 0.3 is 0 Å². The number of nitrogens with zero attached hydrogens (tertiary/aromatic N) is 2. The molecule has 0 unspecified atom stereocenters. The highest BCUT2D eigenvalue weighted by Crippen LogP contribution is 2.28. The van der Waals surface area contributed by atoms with Crippen LogP contribution in [0.5, 0.6) is 0 Å². The van der Waals surface area contributed by atoms with Crippen LogP contribution in [-0.4, -0.2) is 35.9 Å². The maximum Gasteiger partial charge on any atom is 0.227 e. The van der Waals surface area contributed by atoms with E-state index in [0.29, 0.717) is 12.3 Å². The normalized spacial score (nSPS) is 17.7. The van der Waals surface area contributed by atoms with Crippen molar-refractivity contribution in [3.63, 3.8) is 0 Å². The van der Waals surface area contributed by atoms with Gasteiger partial charge in [0.1, 0.15) is 0 Å². The molecule has 1 amide bonds. The summed E-state index contributed by atoms with van der Waals surface area (Å²) in [5.41, 5.74) is 3.20. The molecule has 1 N–H and O–H groups in total. The predicted octanol–water partition coefficient (Wildman–Crippen LogP) is 3.05. The van der Waals surface area contributed by atoms with Crippen molar-refractivity contribution in [2.75, 3.05) is 25.5 Å². The molecule has 0 bridgehead atoms. The molecule has 3 rings (SSSR count). The maximum atomic E-state index is 12.4. The zero-order chi connectivity index (χ0) is 15.5. The first kappa shape index (κ1) is 15.0. The summed E-state index contributed by atoms with van der Waals surface area (Å²) in [6.07, 6.45) is 1.52. The molecule has 22 heavy (non-hydrogen) atoms. The summed E-state index contributed by atoms with van der Waals surface area (Å²) in [6, 6.07) is 8.16. The van der Waals surface area contributed by atoms with Crippen LogP contribution >= 0.6 is 11.3 Å².